The van der Waals surface area contributed by atoms with E-state index in [1.807, 2.05) is 31.2 Å². The fourth-order valence-electron chi connectivity index (χ4n) is 0.958. The van der Waals surface area contributed by atoms with Crippen molar-refractivity contribution >= 4 is 11.6 Å². The van der Waals surface area contributed by atoms with Crippen LogP contribution in [0.1, 0.15) is 5.56 Å². The summed E-state index contributed by atoms with van der Waals surface area (Å²) in [7, 11) is 1.57. The molecule has 14 heavy (non-hydrogen) atoms. The number of rotatable bonds is 3. The Morgan fingerprint density at radius 1 is 1.43 bits per heavy atom. The summed E-state index contributed by atoms with van der Waals surface area (Å²) >= 11 is 0. The second kappa shape index (κ2) is 5.24. The van der Waals surface area contributed by atoms with Gasteiger partial charge in [0.1, 0.15) is 6.73 Å². The van der Waals surface area contributed by atoms with Crippen molar-refractivity contribution in [1.82, 2.24) is 0 Å². The molecule has 1 aromatic carbocycles. The lowest BCUT2D eigenvalue weighted by Crippen LogP contribution is -2.22. The first kappa shape index (κ1) is 10.5. The molecule has 0 amide bonds. The first-order chi connectivity index (χ1) is 6.72. The third kappa shape index (κ3) is 3.45. The molecule has 1 aromatic rings. The number of nitrogens with zero attached hydrogens (tertiary/aromatic N) is 1. The minimum atomic E-state index is 0.269. The Bertz CT molecular complexity index is 306. The fourth-order valence-corrected chi connectivity index (χ4v) is 0.958. The SMILES string of the molecule is COCN=C(N)Nc1ccc(C)cc1. The number of methoxy groups -OCH3 is 1. The number of benzene rings is 1. The van der Waals surface area contributed by atoms with Gasteiger partial charge in [-0.3, -0.25) is 0 Å². The quantitative estimate of drug-likeness (QED) is 0.562. The molecule has 1 rings (SSSR count). The molecule has 0 fully saturated rings. The van der Waals surface area contributed by atoms with E-state index in [0.29, 0.717) is 5.96 Å². The third-order valence-corrected chi connectivity index (χ3v) is 1.69. The van der Waals surface area contributed by atoms with Crippen LogP contribution in [0.2, 0.25) is 0 Å². The van der Waals surface area contributed by atoms with Crippen molar-refractivity contribution in [3.8, 4) is 0 Å². The van der Waals surface area contributed by atoms with E-state index in [1.54, 1.807) is 7.11 Å². The van der Waals surface area contributed by atoms with Crippen molar-refractivity contribution in [1.29, 1.82) is 0 Å². The summed E-state index contributed by atoms with van der Waals surface area (Å²) in [5.74, 6) is 0.357. The number of guanidine groups is 1. The van der Waals surface area contributed by atoms with Crippen LogP contribution in [0.4, 0.5) is 5.69 Å². The van der Waals surface area contributed by atoms with Crippen LogP contribution in [0.5, 0.6) is 0 Å². The van der Waals surface area contributed by atoms with E-state index in [1.165, 1.54) is 5.56 Å². The maximum absolute atomic E-state index is 5.59. The molecular weight excluding hydrogens is 178 g/mol. The van der Waals surface area contributed by atoms with Gasteiger partial charge in [0.05, 0.1) is 0 Å². The van der Waals surface area contributed by atoms with Crippen LogP contribution in [0.3, 0.4) is 0 Å². The predicted molar refractivity (Wildman–Crippen MR) is 58.3 cm³/mol. The molecule has 0 radical (unpaired) electrons. The Hall–Kier alpha value is -1.55. The van der Waals surface area contributed by atoms with Gasteiger partial charge in [0, 0.05) is 12.8 Å². The van der Waals surface area contributed by atoms with E-state index >= 15 is 0 Å². The predicted octanol–water partition coefficient (Wildman–Crippen LogP) is 1.33. The van der Waals surface area contributed by atoms with E-state index in [2.05, 4.69) is 10.3 Å². The molecule has 0 spiro atoms. The van der Waals surface area contributed by atoms with Gasteiger partial charge in [0.2, 0.25) is 0 Å². The molecular formula is C10H15N3O. The Kier molecular flexibility index (Phi) is 3.94. The van der Waals surface area contributed by atoms with Crippen LogP contribution in [0.15, 0.2) is 29.3 Å². The van der Waals surface area contributed by atoms with Gasteiger partial charge >= 0.3 is 0 Å². The Labute approximate surface area is 83.8 Å². The molecule has 4 heteroatoms. The van der Waals surface area contributed by atoms with Gasteiger partial charge in [0.15, 0.2) is 5.96 Å². The summed E-state index contributed by atoms with van der Waals surface area (Å²) in [6.45, 7) is 2.30. The molecule has 4 nitrogen and oxygen atoms in total. The Morgan fingerprint density at radius 2 is 2.07 bits per heavy atom. The first-order valence-corrected chi connectivity index (χ1v) is 4.35. The number of hydrogen-bond acceptors (Lipinski definition) is 2. The highest BCUT2D eigenvalue weighted by Crippen LogP contribution is 2.07. The zero-order valence-electron chi connectivity index (χ0n) is 8.45. The highest BCUT2D eigenvalue weighted by molar-refractivity contribution is 5.92. The number of ether oxygens (including phenoxy) is 1. The standard InChI is InChI=1S/C10H15N3O/c1-8-3-5-9(6-4-8)13-10(11)12-7-14-2/h3-6H,7H2,1-2H3,(H3,11,12,13). The lowest BCUT2D eigenvalue weighted by molar-refractivity contribution is 0.209. The topological polar surface area (TPSA) is 59.6 Å². The zero-order valence-corrected chi connectivity index (χ0v) is 8.45. The Balaban J connectivity index is 2.56. The summed E-state index contributed by atoms with van der Waals surface area (Å²) in [5, 5.41) is 2.95. The summed E-state index contributed by atoms with van der Waals surface area (Å²) in [5.41, 5.74) is 7.72. The van der Waals surface area contributed by atoms with Crippen molar-refractivity contribution in [2.45, 2.75) is 6.92 Å². The molecule has 3 N–H and O–H groups in total. The van der Waals surface area contributed by atoms with Crippen molar-refractivity contribution < 1.29 is 4.74 Å². The lowest BCUT2D eigenvalue weighted by Gasteiger charge is -2.05. The Morgan fingerprint density at radius 3 is 2.64 bits per heavy atom. The molecule has 76 valence electrons. The maximum Gasteiger partial charge on any atom is 0.195 e. The van der Waals surface area contributed by atoms with Gasteiger partial charge in [-0.15, -0.1) is 0 Å². The molecule has 0 heterocycles. The van der Waals surface area contributed by atoms with Crippen molar-refractivity contribution in [2.75, 3.05) is 19.2 Å². The molecule has 0 saturated carbocycles. The lowest BCUT2D eigenvalue weighted by atomic mass is 10.2. The molecule has 0 unspecified atom stereocenters. The molecule has 0 aromatic heterocycles. The number of anilines is 1. The van der Waals surface area contributed by atoms with Gasteiger partial charge in [0.25, 0.3) is 0 Å². The number of aryl methyl sites for hydroxylation is 1. The maximum atomic E-state index is 5.59. The van der Waals surface area contributed by atoms with Gasteiger partial charge < -0.3 is 15.8 Å². The van der Waals surface area contributed by atoms with E-state index < -0.39 is 0 Å². The molecule has 0 saturated heterocycles. The molecule has 0 aliphatic rings. The number of aliphatic imine (C=N–C) groups is 1. The normalized spacial score (nSPS) is 11.4. The number of hydrogen-bond donors (Lipinski definition) is 2. The third-order valence-electron chi connectivity index (χ3n) is 1.69. The van der Waals surface area contributed by atoms with Crippen LogP contribution >= 0.6 is 0 Å². The minimum absolute atomic E-state index is 0.269. The summed E-state index contributed by atoms with van der Waals surface area (Å²) in [4.78, 5) is 3.92. The number of nitrogens with one attached hydrogen (secondary N) is 1. The largest absolute Gasteiger partial charge is 0.370 e. The number of nitrogens with two attached hydrogens (primary N) is 1. The highest BCUT2D eigenvalue weighted by atomic mass is 16.5. The van der Waals surface area contributed by atoms with Crippen LogP contribution in [-0.2, 0) is 4.74 Å². The minimum Gasteiger partial charge on any atom is -0.370 e. The van der Waals surface area contributed by atoms with Crippen LogP contribution in [-0.4, -0.2) is 19.8 Å². The van der Waals surface area contributed by atoms with E-state index in [4.69, 9.17) is 10.5 Å². The zero-order chi connectivity index (χ0) is 10.4. The van der Waals surface area contributed by atoms with Crippen molar-refractivity contribution in [2.24, 2.45) is 10.7 Å². The van der Waals surface area contributed by atoms with Crippen LogP contribution < -0.4 is 11.1 Å². The van der Waals surface area contributed by atoms with Crippen LogP contribution in [0, 0.1) is 6.92 Å². The molecule has 0 atom stereocenters. The van der Waals surface area contributed by atoms with Crippen molar-refractivity contribution in [3.63, 3.8) is 0 Å². The summed E-state index contributed by atoms with van der Waals surface area (Å²) < 4.78 is 4.76. The smallest absolute Gasteiger partial charge is 0.195 e. The van der Waals surface area contributed by atoms with E-state index in [9.17, 15) is 0 Å². The average Bonchev–Trinajstić information content (AvgIpc) is 2.18. The second-order valence-corrected chi connectivity index (χ2v) is 2.95. The second-order valence-electron chi connectivity index (χ2n) is 2.95. The average molecular weight is 193 g/mol. The van der Waals surface area contributed by atoms with Gasteiger partial charge in [-0.1, -0.05) is 17.7 Å². The van der Waals surface area contributed by atoms with Gasteiger partial charge in [-0.05, 0) is 19.1 Å². The van der Waals surface area contributed by atoms with Gasteiger partial charge in [-0.2, -0.15) is 0 Å². The summed E-state index contributed by atoms with van der Waals surface area (Å²) in [6.07, 6.45) is 0. The van der Waals surface area contributed by atoms with Crippen molar-refractivity contribution in [3.05, 3.63) is 29.8 Å². The van der Waals surface area contributed by atoms with Gasteiger partial charge in [-0.25, -0.2) is 4.99 Å². The molecule has 0 aliphatic heterocycles. The van der Waals surface area contributed by atoms with E-state index in [-0.39, 0.29) is 6.73 Å². The summed E-state index contributed by atoms with van der Waals surface area (Å²) in [6, 6.07) is 7.91. The monoisotopic (exact) mass is 193 g/mol. The first-order valence-electron chi connectivity index (χ1n) is 4.35. The van der Waals surface area contributed by atoms with E-state index in [0.717, 1.165) is 5.69 Å². The fraction of sp³-hybridized carbons (Fsp3) is 0.300. The highest BCUT2D eigenvalue weighted by Gasteiger charge is 1.93. The van der Waals surface area contributed by atoms with Crippen LogP contribution in [0.25, 0.3) is 0 Å². The molecule has 0 bridgehead atoms. The molecule has 0 aliphatic carbocycles.